The summed E-state index contributed by atoms with van der Waals surface area (Å²) in [6.07, 6.45) is 1.28. The van der Waals surface area contributed by atoms with Crippen molar-refractivity contribution in [2.75, 3.05) is 40.4 Å². The molecule has 1 amide bonds. The molecule has 1 unspecified atom stereocenters. The minimum Gasteiger partial charge on any atom is -0.497 e. The molecule has 0 aromatic heterocycles. The first-order chi connectivity index (χ1) is 11.9. The highest BCUT2D eigenvalue weighted by molar-refractivity contribution is 7.89. The number of piperidine rings is 1. The highest BCUT2D eigenvalue weighted by Crippen LogP contribution is 2.29. The quantitative estimate of drug-likeness (QED) is 0.707. The maximum Gasteiger partial charge on any atom is 0.243 e. The largest absolute Gasteiger partial charge is 0.497 e. The van der Waals surface area contributed by atoms with Crippen molar-refractivity contribution in [3.8, 4) is 11.5 Å². The van der Waals surface area contributed by atoms with Gasteiger partial charge in [-0.05, 0) is 12.8 Å². The standard InChI is InChI=1S/C16H25N3O5S/c1-23-13-8-14(24-2)10-15(9-13)25(21,22)19-7-3-4-12(11-19)16(20)18-6-5-17/h8-10,12H,3-7,11,17H2,1-2H3,(H,18,20). The van der Waals surface area contributed by atoms with Crippen molar-refractivity contribution >= 4 is 15.9 Å². The zero-order chi connectivity index (χ0) is 18.4. The molecular formula is C16H25N3O5S. The van der Waals surface area contributed by atoms with Crippen LogP contribution in [0.4, 0.5) is 0 Å². The van der Waals surface area contributed by atoms with Crippen LogP contribution in [-0.2, 0) is 14.8 Å². The molecule has 8 nitrogen and oxygen atoms in total. The summed E-state index contributed by atoms with van der Waals surface area (Å²) in [5.74, 6) is 0.260. The van der Waals surface area contributed by atoms with Crippen LogP contribution in [0.15, 0.2) is 23.1 Å². The molecule has 1 aliphatic rings. The maximum atomic E-state index is 13.0. The average molecular weight is 371 g/mol. The zero-order valence-electron chi connectivity index (χ0n) is 14.5. The smallest absolute Gasteiger partial charge is 0.243 e. The normalized spacial score (nSPS) is 18.6. The molecule has 140 valence electrons. The summed E-state index contributed by atoms with van der Waals surface area (Å²) in [6, 6.07) is 4.52. The van der Waals surface area contributed by atoms with Gasteiger partial charge in [0.25, 0.3) is 0 Å². The molecule has 1 heterocycles. The number of hydrogen-bond donors (Lipinski definition) is 2. The first-order valence-corrected chi connectivity index (χ1v) is 9.57. The Morgan fingerprint density at radius 2 is 1.92 bits per heavy atom. The van der Waals surface area contributed by atoms with Gasteiger partial charge >= 0.3 is 0 Å². The lowest BCUT2D eigenvalue weighted by molar-refractivity contribution is -0.126. The van der Waals surface area contributed by atoms with Gasteiger partial charge in [0, 0.05) is 44.4 Å². The summed E-state index contributed by atoms with van der Waals surface area (Å²) in [4.78, 5) is 12.2. The molecule has 0 bridgehead atoms. The fraction of sp³-hybridized carbons (Fsp3) is 0.562. The fourth-order valence-corrected chi connectivity index (χ4v) is 4.37. The molecule has 1 fully saturated rings. The summed E-state index contributed by atoms with van der Waals surface area (Å²) < 4.78 is 37.6. The van der Waals surface area contributed by atoms with Gasteiger partial charge in [0.1, 0.15) is 11.5 Å². The third-order valence-corrected chi connectivity index (χ3v) is 6.00. The Kier molecular flexibility index (Phi) is 6.63. The SMILES string of the molecule is COc1cc(OC)cc(S(=O)(=O)N2CCCC(C(=O)NCCN)C2)c1. The number of sulfonamides is 1. The summed E-state index contributed by atoms with van der Waals surface area (Å²) in [5.41, 5.74) is 5.39. The van der Waals surface area contributed by atoms with E-state index in [4.69, 9.17) is 15.2 Å². The van der Waals surface area contributed by atoms with Gasteiger partial charge in [0.05, 0.1) is 25.0 Å². The van der Waals surface area contributed by atoms with E-state index in [1.807, 2.05) is 0 Å². The van der Waals surface area contributed by atoms with E-state index >= 15 is 0 Å². The summed E-state index contributed by atoms with van der Waals surface area (Å²) in [7, 11) is -0.821. The van der Waals surface area contributed by atoms with Gasteiger partial charge in [-0.2, -0.15) is 4.31 Å². The van der Waals surface area contributed by atoms with Crippen LogP contribution in [0.1, 0.15) is 12.8 Å². The van der Waals surface area contributed by atoms with Crippen LogP contribution < -0.4 is 20.5 Å². The van der Waals surface area contributed by atoms with Gasteiger partial charge in [-0.1, -0.05) is 0 Å². The van der Waals surface area contributed by atoms with Crippen LogP contribution in [0.3, 0.4) is 0 Å². The highest BCUT2D eigenvalue weighted by Gasteiger charge is 2.33. The van der Waals surface area contributed by atoms with Crippen LogP contribution in [0.2, 0.25) is 0 Å². The fourth-order valence-electron chi connectivity index (χ4n) is 2.79. The third kappa shape index (κ3) is 4.62. The van der Waals surface area contributed by atoms with Gasteiger partial charge in [-0.25, -0.2) is 8.42 Å². The summed E-state index contributed by atoms with van der Waals surface area (Å²) in [5, 5.41) is 2.72. The molecule has 2 rings (SSSR count). The van der Waals surface area contributed by atoms with E-state index in [2.05, 4.69) is 5.32 Å². The number of benzene rings is 1. The molecule has 0 radical (unpaired) electrons. The molecular weight excluding hydrogens is 346 g/mol. The number of nitrogens with one attached hydrogen (secondary N) is 1. The van der Waals surface area contributed by atoms with Gasteiger partial charge in [0.2, 0.25) is 15.9 Å². The van der Waals surface area contributed by atoms with Crippen molar-refractivity contribution in [2.24, 2.45) is 11.7 Å². The summed E-state index contributed by atoms with van der Waals surface area (Å²) in [6.45, 7) is 1.26. The van der Waals surface area contributed by atoms with Crippen LogP contribution in [0.5, 0.6) is 11.5 Å². The third-order valence-electron chi connectivity index (χ3n) is 4.16. The van der Waals surface area contributed by atoms with E-state index in [1.165, 1.54) is 30.7 Å². The van der Waals surface area contributed by atoms with E-state index in [0.717, 1.165) is 0 Å². The minimum atomic E-state index is -3.75. The van der Waals surface area contributed by atoms with Crippen LogP contribution in [-0.4, -0.2) is 59.0 Å². The summed E-state index contributed by atoms with van der Waals surface area (Å²) >= 11 is 0. The van der Waals surface area contributed by atoms with Gasteiger partial charge in [-0.15, -0.1) is 0 Å². The minimum absolute atomic E-state index is 0.0896. The maximum absolute atomic E-state index is 13.0. The highest BCUT2D eigenvalue weighted by atomic mass is 32.2. The number of hydrogen-bond acceptors (Lipinski definition) is 6. The van der Waals surface area contributed by atoms with Gasteiger partial charge in [-0.3, -0.25) is 4.79 Å². The monoisotopic (exact) mass is 371 g/mol. The second kappa shape index (κ2) is 8.50. The van der Waals surface area contributed by atoms with Crippen molar-refractivity contribution in [1.82, 2.24) is 9.62 Å². The van der Waals surface area contributed by atoms with E-state index in [-0.39, 0.29) is 23.3 Å². The molecule has 0 spiro atoms. The molecule has 1 aromatic carbocycles. The topological polar surface area (TPSA) is 111 Å². The molecule has 1 saturated heterocycles. The van der Waals surface area contributed by atoms with E-state index in [0.29, 0.717) is 44.0 Å². The van der Waals surface area contributed by atoms with Gasteiger partial charge < -0.3 is 20.5 Å². The Labute approximate surface area is 148 Å². The van der Waals surface area contributed by atoms with Crippen molar-refractivity contribution in [2.45, 2.75) is 17.7 Å². The van der Waals surface area contributed by atoms with Crippen molar-refractivity contribution in [1.29, 1.82) is 0 Å². The van der Waals surface area contributed by atoms with E-state index in [9.17, 15) is 13.2 Å². The van der Waals surface area contributed by atoms with Crippen molar-refractivity contribution in [3.05, 3.63) is 18.2 Å². The van der Waals surface area contributed by atoms with Crippen LogP contribution in [0.25, 0.3) is 0 Å². The lowest BCUT2D eigenvalue weighted by Gasteiger charge is -2.31. The average Bonchev–Trinajstić information content (AvgIpc) is 2.65. The predicted octanol–water partition coefficient (Wildman–Crippen LogP) is 0.179. The van der Waals surface area contributed by atoms with E-state index < -0.39 is 10.0 Å². The molecule has 1 aromatic rings. The lowest BCUT2D eigenvalue weighted by Crippen LogP contribution is -2.46. The molecule has 0 saturated carbocycles. The van der Waals surface area contributed by atoms with E-state index in [1.54, 1.807) is 6.07 Å². The molecule has 1 atom stereocenters. The van der Waals surface area contributed by atoms with Crippen molar-refractivity contribution in [3.63, 3.8) is 0 Å². The zero-order valence-corrected chi connectivity index (χ0v) is 15.3. The number of methoxy groups -OCH3 is 2. The Balaban J connectivity index is 2.22. The molecule has 3 N–H and O–H groups in total. The van der Waals surface area contributed by atoms with Crippen LogP contribution in [0, 0.1) is 5.92 Å². The number of nitrogens with zero attached hydrogens (tertiary/aromatic N) is 1. The number of carbonyl (C=O) groups excluding carboxylic acids is 1. The molecule has 0 aliphatic carbocycles. The van der Waals surface area contributed by atoms with Gasteiger partial charge in [0.15, 0.2) is 0 Å². The Morgan fingerprint density at radius 3 is 2.48 bits per heavy atom. The lowest BCUT2D eigenvalue weighted by atomic mass is 9.99. The molecule has 1 aliphatic heterocycles. The second-order valence-corrected chi connectivity index (χ2v) is 7.77. The second-order valence-electron chi connectivity index (χ2n) is 5.83. The number of carbonyl (C=O) groups is 1. The predicted molar refractivity (Wildman–Crippen MR) is 93.1 cm³/mol. The van der Waals surface area contributed by atoms with Crippen LogP contribution >= 0.6 is 0 Å². The molecule has 25 heavy (non-hydrogen) atoms. The first kappa shape index (κ1) is 19.5. The number of rotatable bonds is 7. The number of nitrogens with two attached hydrogens (primary N) is 1. The number of ether oxygens (including phenoxy) is 2. The molecule has 9 heteroatoms. The Hall–Kier alpha value is -1.84. The Bertz CT molecular complexity index is 685. The van der Waals surface area contributed by atoms with Crippen molar-refractivity contribution < 1.29 is 22.7 Å². The Morgan fingerprint density at radius 1 is 1.28 bits per heavy atom. The number of amides is 1. The first-order valence-electron chi connectivity index (χ1n) is 8.13.